The predicted molar refractivity (Wildman–Crippen MR) is 72.9 cm³/mol. The lowest BCUT2D eigenvalue weighted by Gasteiger charge is -2.19. The van der Waals surface area contributed by atoms with Crippen LogP contribution in [0.25, 0.3) is 0 Å². The highest BCUT2D eigenvalue weighted by Crippen LogP contribution is 2.13. The second kappa shape index (κ2) is 7.46. The van der Waals surface area contributed by atoms with Crippen molar-refractivity contribution in [1.29, 1.82) is 0 Å². The van der Waals surface area contributed by atoms with E-state index in [9.17, 15) is 5.11 Å². The molecular weight excluding hydrogens is 210 g/mol. The summed E-state index contributed by atoms with van der Waals surface area (Å²) >= 11 is 0. The summed E-state index contributed by atoms with van der Waals surface area (Å²) in [7, 11) is 0. The quantitative estimate of drug-likeness (QED) is 0.761. The molecule has 0 aliphatic carbocycles. The Hall–Kier alpha value is -0.860. The van der Waals surface area contributed by atoms with Crippen LogP contribution in [0.5, 0.6) is 0 Å². The largest absolute Gasteiger partial charge is 0.387 e. The van der Waals surface area contributed by atoms with Gasteiger partial charge >= 0.3 is 0 Å². The molecule has 0 aliphatic heterocycles. The van der Waals surface area contributed by atoms with Gasteiger partial charge in [-0.1, -0.05) is 50.6 Å². The normalized spacial score (nSPS) is 16.5. The Morgan fingerprint density at radius 2 is 1.82 bits per heavy atom. The lowest BCUT2D eigenvalue weighted by atomic mass is 10.00. The fourth-order valence-corrected chi connectivity index (χ4v) is 1.96. The first-order valence-corrected chi connectivity index (χ1v) is 6.59. The summed E-state index contributed by atoms with van der Waals surface area (Å²) in [5, 5.41) is 13.4. The van der Waals surface area contributed by atoms with Gasteiger partial charge in [0.25, 0.3) is 0 Å². The third kappa shape index (κ3) is 5.33. The summed E-state index contributed by atoms with van der Waals surface area (Å²) in [5.74, 6) is 0.742. The van der Waals surface area contributed by atoms with Crippen LogP contribution in [-0.2, 0) is 0 Å². The predicted octanol–water partition coefficient (Wildman–Crippen LogP) is 3.13. The van der Waals surface area contributed by atoms with Crippen molar-refractivity contribution < 1.29 is 5.11 Å². The Morgan fingerprint density at radius 1 is 1.18 bits per heavy atom. The van der Waals surface area contributed by atoms with E-state index in [2.05, 4.69) is 26.1 Å². The Bertz CT molecular complexity index is 299. The van der Waals surface area contributed by atoms with Crippen molar-refractivity contribution in [3.8, 4) is 0 Å². The molecule has 0 fully saturated rings. The van der Waals surface area contributed by atoms with Crippen LogP contribution in [-0.4, -0.2) is 17.7 Å². The van der Waals surface area contributed by atoms with E-state index in [1.165, 1.54) is 6.42 Å². The molecule has 3 unspecified atom stereocenters. The maximum absolute atomic E-state index is 10.00. The van der Waals surface area contributed by atoms with Gasteiger partial charge in [-0.3, -0.25) is 0 Å². The number of hydrogen-bond acceptors (Lipinski definition) is 2. The second-order valence-electron chi connectivity index (χ2n) is 4.98. The van der Waals surface area contributed by atoms with E-state index in [1.54, 1.807) is 0 Å². The molecule has 2 heteroatoms. The SMILES string of the molecule is CCC(C)CC(C)NCC(O)c1ccccc1. The minimum atomic E-state index is -0.407. The third-order valence-corrected chi connectivity index (χ3v) is 3.30. The number of aliphatic hydroxyl groups excluding tert-OH is 1. The van der Waals surface area contributed by atoms with Gasteiger partial charge in [0.1, 0.15) is 0 Å². The van der Waals surface area contributed by atoms with Gasteiger partial charge < -0.3 is 10.4 Å². The maximum Gasteiger partial charge on any atom is 0.0914 e. The molecular formula is C15H25NO. The molecule has 96 valence electrons. The first kappa shape index (κ1) is 14.2. The fourth-order valence-electron chi connectivity index (χ4n) is 1.96. The summed E-state index contributed by atoms with van der Waals surface area (Å²) in [6, 6.07) is 10.3. The van der Waals surface area contributed by atoms with Crippen LogP contribution in [0, 0.1) is 5.92 Å². The summed E-state index contributed by atoms with van der Waals surface area (Å²) in [5.41, 5.74) is 0.982. The molecule has 0 aliphatic rings. The molecule has 0 radical (unpaired) electrons. The molecule has 17 heavy (non-hydrogen) atoms. The molecule has 1 aromatic rings. The van der Waals surface area contributed by atoms with E-state index in [0.717, 1.165) is 17.9 Å². The van der Waals surface area contributed by atoms with E-state index in [1.807, 2.05) is 30.3 Å². The van der Waals surface area contributed by atoms with E-state index >= 15 is 0 Å². The molecule has 0 saturated heterocycles. The zero-order chi connectivity index (χ0) is 12.7. The van der Waals surface area contributed by atoms with E-state index in [0.29, 0.717) is 12.6 Å². The maximum atomic E-state index is 10.00. The summed E-state index contributed by atoms with van der Waals surface area (Å²) in [4.78, 5) is 0. The number of rotatable bonds is 7. The average Bonchev–Trinajstić information content (AvgIpc) is 2.36. The number of aliphatic hydroxyl groups is 1. The van der Waals surface area contributed by atoms with Gasteiger partial charge in [0.15, 0.2) is 0 Å². The van der Waals surface area contributed by atoms with Gasteiger partial charge in [-0.25, -0.2) is 0 Å². The summed E-state index contributed by atoms with van der Waals surface area (Å²) in [6.45, 7) is 7.30. The molecule has 0 aromatic heterocycles. The monoisotopic (exact) mass is 235 g/mol. The number of benzene rings is 1. The minimum Gasteiger partial charge on any atom is -0.387 e. The molecule has 0 amide bonds. The second-order valence-corrected chi connectivity index (χ2v) is 4.98. The zero-order valence-corrected chi connectivity index (χ0v) is 11.2. The van der Waals surface area contributed by atoms with Crippen LogP contribution in [0.1, 0.15) is 45.3 Å². The molecule has 3 atom stereocenters. The van der Waals surface area contributed by atoms with Crippen LogP contribution in [0.3, 0.4) is 0 Å². The fraction of sp³-hybridized carbons (Fsp3) is 0.600. The van der Waals surface area contributed by atoms with Crippen LogP contribution >= 0.6 is 0 Å². The van der Waals surface area contributed by atoms with Gasteiger partial charge in [-0.2, -0.15) is 0 Å². The highest BCUT2D eigenvalue weighted by molar-refractivity contribution is 5.17. The van der Waals surface area contributed by atoms with Crippen molar-refractivity contribution in [2.45, 2.75) is 45.8 Å². The molecule has 0 saturated carbocycles. The number of nitrogens with one attached hydrogen (secondary N) is 1. The zero-order valence-electron chi connectivity index (χ0n) is 11.2. The molecule has 0 bridgehead atoms. The van der Waals surface area contributed by atoms with Crippen molar-refractivity contribution in [3.63, 3.8) is 0 Å². The Kier molecular flexibility index (Phi) is 6.23. The van der Waals surface area contributed by atoms with Crippen molar-refractivity contribution >= 4 is 0 Å². The van der Waals surface area contributed by atoms with Crippen LogP contribution in [0.15, 0.2) is 30.3 Å². The van der Waals surface area contributed by atoms with Crippen LogP contribution in [0.2, 0.25) is 0 Å². The Morgan fingerprint density at radius 3 is 2.41 bits per heavy atom. The molecule has 0 heterocycles. The van der Waals surface area contributed by atoms with Gasteiger partial charge in [0, 0.05) is 12.6 Å². The highest BCUT2D eigenvalue weighted by atomic mass is 16.3. The van der Waals surface area contributed by atoms with Crippen LogP contribution < -0.4 is 5.32 Å². The van der Waals surface area contributed by atoms with Crippen molar-refractivity contribution in [2.24, 2.45) is 5.92 Å². The Labute approximate surface area is 105 Å². The molecule has 2 nitrogen and oxygen atoms in total. The lowest BCUT2D eigenvalue weighted by molar-refractivity contribution is 0.168. The molecule has 2 N–H and O–H groups in total. The first-order valence-electron chi connectivity index (χ1n) is 6.59. The number of hydrogen-bond donors (Lipinski definition) is 2. The van der Waals surface area contributed by atoms with E-state index in [4.69, 9.17) is 0 Å². The molecule has 1 aromatic carbocycles. The van der Waals surface area contributed by atoms with Gasteiger partial charge in [0.05, 0.1) is 6.10 Å². The van der Waals surface area contributed by atoms with E-state index in [-0.39, 0.29) is 0 Å². The average molecular weight is 235 g/mol. The third-order valence-electron chi connectivity index (χ3n) is 3.30. The van der Waals surface area contributed by atoms with Gasteiger partial charge in [-0.15, -0.1) is 0 Å². The van der Waals surface area contributed by atoms with Crippen molar-refractivity contribution in [1.82, 2.24) is 5.32 Å². The lowest BCUT2D eigenvalue weighted by Crippen LogP contribution is -2.31. The van der Waals surface area contributed by atoms with E-state index < -0.39 is 6.10 Å². The van der Waals surface area contributed by atoms with Gasteiger partial charge in [-0.05, 0) is 24.8 Å². The van der Waals surface area contributed by atoms with Gasteiger partial charge in [0.2, 0.25) is 0 Å². The molecule has 1 rings (SSSR count). The van der Waals surface area contributed by atoms with Crippen molar-refractivity contribution in [3.05, 3.63) is 35.9 Å². The highest BCUT2D eigenvalue weighted by Gasteiger charge is 2.10. The smallest absolute Gasteiger partial charge is 0.0914 e. The standard InChI is InChI=1S/C15H25NO/c1-4-12(2)10-13(3)16-11-15(17)14-8-6-5-7-9-14/h5-9,12-13,15-17H,4,10-11H2,1-3H3. The topological polar surface area (TPSA) is 32.3 Å². The van der Waals surface area contributed by atoms with Crippen LogP contribution in [0.4, 0.5) is 0 Å². The molecule has 0 spiro atoms. The van der Waals surface area contributed by atoms with Crippen molar-refractivity contribution in [2.75, 3.05) is 6.54 Å². The summed E-state index contributed by atoms with van der Waals surface area (Å²) < 4.78 is 0. The summed E-state index contributed by atoms with van der Waals surface area (Å²) in [6.07, 6.45) is 1.97. The Balaban J connectivity index is 2.31. The first-order chi connectivity index (χ1) is 8.13. The minimum absolute atomic E-state index is 0.407.